The molecule has 2 unspecified atom stereocenters. The second kappa shape index (κ2) is 6.11. The first-order valence-corrected chi connectivity index (χ1v) is 7.08. The van der Waals surface area contributed by atoms with Crippen LogP contribution in [-0.2, 0) is 9.59 Å². The van der Waals surface area contributed by atoms with Crippen LogP contribution in [0.1, 0.15) is 32.6 Å². The Hall–Kier alpha value is -1.79. The Morgan fingerprint density at radius 2 is 2.20 bits per heavy atom. The van der Waals surface area contributed by atoms with Crippen molar-refractivity contribution in [3.05, 3.63) is 0 Å². The Labute approximate surface area is 117 Å². The fourth-order valence-corrected chi connectivity index (χ4v) is 2.42. The Balaban J connectivity index is 1.96. The number of carboxylic acid groups (broad SMARTS) is 1. The molecule has 112 valence electrons. The number of nitrogens with one attached hydrogen (secondary N) is 2. The number of carbonyl (C=O) groups is 3. The molecule has 7 heteroatoms. The molecule has 0 aromatic carbocycles. The normalized spacial score (nSPS) is 23.9. The molecule has 3 N–H and O–H groups in total. The summed E-state index contributed by atoms with van der Waals surface area (Å²) >= 11 is 0. The van der Waals surface area contributed by atoms with E-state index in [4.69, 9.17) is 5.11 Å². The average Bonchev–Trinajstić information content (AvgIpc) is 3.21. The van der Waals surface area contributed by atoms with E-state index in [1.54, 1.807) is 0 Å². The molecule has 7 nitrogen and oxygen atoms in total. The summed E-state index contributed by atoms with van der Waals surface area (Å²) in [4.78, 5) is 35.8. The summed E-state index contributed by atoms with van der Waals surface area (Å²) in [5, 5.41) is 14.4. The highest BCUT2D eigenvalue weighted by molar-refractivity contribution is 5.90. The van der Waals surface area contributed by atoms with E-state index in [0.29, 0.717) is 5.92 Å². The van der Waals surface area contributed by atoms with Crippen LogP contribution in [0.3, 0.4) is 0 Å². The summed E-state index contributed by atoms with van der Waals surface area (Å²) in [6, 6.07) is -1.40. The van der Waals surface area contributed by atoms with Crippen molar-refractivity contribution < 1.29 is 19.5 Å². The second-order valence-electron chi connectivity index (χ2n) is 5.52. The Morgan fingerprint density at radius 3 is 2.75 bits per heavy atom. The van der Waals surface area contributed by atoms with Crippen LogP contribution in [0.2, 0.25) is 0 Å². The topological polar surface area (TPSA) is 98.7 Å². The largest absolute Gasteiger partial charge is 0.480 e. The number of rotatable bonds is 5. The first kappa shape index (κ1) is 14.6. The number of urea groups is 1. The van der Waals surface area contributed by atoms with Gasteiger partial charge in [0.05, 0.1) is 0 Å². The first-order valence-electron chi connectivity index (χ1n) is 7.08. The summed E-state index contributed by atoms with van der Waals surface area (Å²) in [5.41, 5.74) is 0. The Kier molecular flexibility index (Phi) is 4.46. The predicted octanol–water partition coefficient (Wildman–Crippen LogP) is 0.160. The third-order valence-electron chi connectivity index (χ3n) is 3.86. The van der Waals surface area contributed by atoms with Gasteiger partial charge < -0.3 is 15.7 Å². The van der Waals surface area contributed by atoms with E-state index in [1.807, 2.05) is 6.92 Å². The van der Waals surface area contributed by atoms with Crippen LogP contribution in [0.25, 0.3) is 0 Å². The molecule has 2 atom stereocenters. The van der Waals surface area contributed by atoms with Crippen LogP contribution >= 0.6 is 0 Å². The minimum absolute atomic E-state index is 0.0407. The van der Waals surface area contributed by atoms with Gasteiger partial charge in [0.15, 0.2) is 0 Å². The van der Waals surface area contributed by atoms with Crippen molar-refractivity contribution in [2.24, 2.45) is 5.92 Å². The minimum Gasteiger partial charge on any atom is -0.480 e. The molecule has 0 spiro atoms. The van der Waals surface area contributed by atoms with Gasteiger partial charge in [0.1, 0.15) is 12.6 Å². The van der Waals surface area contributed by atoms with Crippen LogP contribution < -0.4 is 10.6 Å². The highest BCUT2D eigenvalue weighted by atomic mass is 16.4. The van der Waals surface area contributed by atoms with Gasteiger partial charge in [0.25, 0.3) is 0 Å². The zero-order chi connectivity index (χ0) is 14.7. The first-order chi connectivity index (χ1) is 9.51. The molecule has 3 amide bonds. The lowest BCUT2D eigenvalue weighted by molar-refractivity contribution is -0.144. The van der Waals surface area contributed by atoms with Crippen molar-refractivity contribution in [1.29, 1.82) is 0 Å². The number of carbonyl (C=O) groups excluding carboxylic acids is 2. The molecule has 1 saturated carbocycles. The quantitative estimate of drug-likeness (QED) is 0.669. The molecule has 1 aliphatic carbocycles. The lowest BCUT2D eigenvalue weighted by Crippen LogP contribution is -2.62. The van der Waals surface area contributed by atoms with Crippen molar-refractivity contribution in [1.82, 2.24) is 15.5 Å². The molecule has 1 aliphatic heterocycles. The molecule has 1 heterocycles. The maximum atomic E-state index is 12.2. The third kappa shape index (κ3) is 3.61. The minimum atomic E-state index is -1.10. The highest BCUT2D eigenvalue weighted by Crippen LogP contribution is 2.34. The number of hydrogen-bond donors (Lipinski definition) is 3. The van der Waals surface area contributed by atoms with Gasteiger partial charge in [-0.2, -0.15) is 0 Å². The number of hydrogen-bond acceptors (Lipinski definition) is 3. The number of nitrogens with zero attached hydrogens (tertiary/aromatic N) is 1. The van der Waals surface area contributed by atoms with Crippen LogP contribution in [0.15, 0.2) is 0 Å². The van der Waals surface area contributed by atoms with E-state index < -0.39 is 18.0 Å². The summed E-state index contributed by atoms with van der Waals surface area (Å²) in [5.74, 6) is -0.747. The number of aliphatic carboxylic acids is 1. The molecule has 2 aliphatic rings. The van der Waals surface area contributed by atoms with Crippen LogP contribution in [-0.4, -0.2) is 53.1 Å². The van der Waals surface area contributed by atoms with Crippen molar-refractivity contribution >= 4 is 17.9 Å². The standard InChI is InChI=1S/C13H21N3O4/c1-2-9(5-8-3-4-8)15-13(20)16-7-11(17)14-6-10(16)12(18)19/h8-10H,2-7H2,1H3,(H,14,17)(H,15,20)(H,18,19). The molecule has 0 aromatic rings. The van der Waals surface area contributed by atoms with Crippen LogP contribution in [0.5, 0.6) is 0 Å². The van der Waals surface area contributed by atoms with Gasteiger partial charge in [-0.25, -0.2) is 9.59 Å². The smallest absolute Gasteiger partial charge is 0.328 e. The van der Waals surface area contributed by atoms with Crippen molar-refractivity contribution in [3.63, 3.8) is 0 Å². The third-order valence-corrected chi connectivity index (χ3v) is 3.86. The molecular formula is C13H21N3O4. The van der Waals surface area contributed by atoms with Gasteiger partial charge in [0.2, 0.25) is 5.91 Å². The number of carboxylic acids is 1. The predicted molar refractivity (Wildman–Crippen MR) is 71.1 cm³/mol. The molecule has 0 aromatic heterocycles. The van der Waals surface area contributed by atoms with E-state index in [2.05, 4.69) is 10.6 Å². The van der Waals surface area contributed by atoms with Gasteiger partial charge in [-0.15, -0.1) is 0 Å². The molecule has 0 bridgehead atoms. The fourth-order valence-electron chi connectivity index (χ4n) is 2.42. The molecule has 1 saturated heterocycles. The summed E-state index contributed by atoms with van der Waals surface area (Å²) in [6.07, 6.45) is 4.15. The zero-order valence-corrected chi connectivity index (χ0v) is 11.6. The van der Waals surface area contributed by atoms with E-state index in [1.165, 1.54) is 12.8 Å². The van der Waals surface area contributed by atoms with Crippen LogP contribution in [0.4, 0.5) is 4.79 Å². The van der Waals surface area contributed by atoms with E-state index in [-0.39, 0.29) is 25.0 Å². The summed E-state index contributed by atoms with van der Waals surface area (Å²) < 4.78 is 0. The molecule has 2 fully saturated rings. The lowest BCUT2D eigenvalue weighted by Gasteiger charge is -2.33. The molecule has 20 heavy (non-hydrogen) atoms. The summed E-state index contributed by atoms with van der Waals surface area (Å²) in [7, 11) is 0. The van der Waals surface area contributed by atoms with Gasteiger partial charge >= 0.3 is 12.0 Å². The average molecular weight is 283 g/mol. The molecule has 0 radical (unpaired) electrons. The van der Waals surface area contributed by atoms with E-state index in [9.17, 15) is 14.4 Å². The van der Waals surface area contributed by atoms with Crippen molar-refractivity contribution in [2.45, 2.75) is 44.7 Å². The second-order valence-corrected chi connectivity index (χ2v) is 5.52. The van der Waals surface area contributed by atoms with Gasteiger partial charge in [-0.1, -0.05) is 19.8 Å². The maximum Gasteiger partial charge on any atom is 0.328 e. The Bertz CT molecular complexity index is 408. The fraction of sp³-hybridized carbons (Fsp3) is 0.769. The SMILES string of the molecule is CCC(CC1CC1)NC(=O)N1CC(=O)NCC1C(=O)O. The zero-order valence-electron chi connectivity index (χ0n) is 11.6. The van der Waals surface area contributed by atoms with Crippen molar-refractivity contribution in [3.8, 4) is 0 Å². The molecular weight excluding hydrogens is 262 g/mol. The van der Waals surface area contributed by atoms with Gasteiger partial charge in [-0.05, 0) is 18.8 Å². The highest BCUT2D eigenvalue weighted by Gasteiger charge is 2.36. The lowest BCUT2D eigenvalue weighted by atomic mass is 10.1. The summed E-state index contributed by atoms with van der Waals surface area (Å²) in [6.45, 7) is 1.74. The monoisotopic (exact) mass is 283 g/mol. The van der Waals surface area contributed by atoms with Gasteiger partial charge in [-0.3, -0.25) is 9.69 Å². The molecule has 2 rings (SSSR count). The Morgan fingerprint density at radius 1 is 1.50 bits per heavy atom. The van der Waals surface area contributed by atoms with E-state index >= 15 is 0 Å². The number of amides is 3. The van der Waals surface area contributed by atoms with Gasteiger partial charge in [0, 0.05) is 12.6 Å². The van der Waals surface area contributed by atoms with Crippen LogP contribution in [0, 0.1) is 5.92 Å². The maximum absolute atomic E-state index is 12.2. The van der Waals surface area contributed by atoms with Crippen molar-refractivity contribution in [2.75, 3.05) is 13.1 Å². The van der Waals surface area contributed by atoms with E-state index in [0.717, 1.165) is 17.7 Å². The number of piperazine rings is 1.